The summed E-state index contributed by atoms with van der Waals surface area (Å²) in [7, 11) is -3.37. The third-order valence-corrected chi connectivity index (χ3v) is 4.35. The summed E-state index contributed by atoms with van der Waals surface area (Å²) in [5, 5.41) is 0.678. The smallest absolute Gasteiger partial charge is 0.238 e. The summed E-state index contributed by atoms with van der Waals surface area (Å²) in [6.07, 6.45) is 1.41. The van der Waals surface area contributed by atoms with Gasteiger partial charge in [-0.15, -0.1) is 0 Å². The van der Waals surface area contributed by atoms with E-state index in [1.807, 2.05) is 0 Å². The van der Waals surface area contributed by atoms with E-state index in [2.05, 4.69) is 0 Å². The van der Waals surface area contributed by atoms with Gasteiger partial charge in [-0.25, -0.2) is 12.4 Å². The topological polar surface area (TPSA) is 56.1 Å². The van der Waals surface area contributed by atoms with Crippen LogP contribution < -0.4 is 0 Å². The lowest BCUT2D eigenvalue weighted by Gasteiger charge is -2.03. The molecule has 4 nitrogen and oxygen atoms in total. The van der Waals surface area contributed by atoms with E-state index in [0.29, 0.717) is 16.5 Å². The highest BCUT2D eigenvalue weighted by Crippen LogP contribution is 2.23. The first kappa shape index (κ1) is 11.9. The molecule has 0 aliphatic carbocycles. The van der Waals surface area contributed by atoms with Gasteiger partial charge in [0.15, 0.2) is 5.78 Å². The van der Waals surface area contributed by atoms with Crippen molar-refractivity contribution in [3.05, 3.63) is 36.0 Å². The van der Waals surface area contributed by atoms with Crippen molar-refractivity contribution in [1.82, 2.24) is 3.97 Å². The van der Waals surface area contributed by atoms with Crippen LogP contribution in [0.5, 0.6) is 0 Å². The summed E-state index contributed by atoms with van der Waals surface area (Å²) in [5.41, 5.74) is 0.997. The Labute approximate surface area is 99.9 Å². The van der Waals surface area contributed by atoms with Gasteiger partial charge in [0.1, 0.15) is 0 Å². The summed E-state index contributed by atoms with van der Waals surface area (Å²) in [4.78, 5) is 11.5. The van der Waals surface area contributed by atoms with Crippen molar-refractivity contribution in [2.45, 2.75) is 13.8 Å². The molecule has 0 aliphatic heterocycles. The molecule has 90 valence electrons. The second kappa shape index (κ2) is 4.00. The highest BCUT2D eigenvalue weighted by molar-refractivity contribution is 7.90. The molecule has 0 saturated heterocycles. The van der Waals surface area contributed by atoms with Gasteiger partial charge in [-0.3, -0.25) is 4.79 Å². The Hall–Kier alpha value is -1.62. The minimum Gasteiger partial charge on any atom is -0.294 e. The molecule has 0 bridgehead atoms. The molecule has 0 N–H and O–H groups in total. The van der Waals surface area contributed by atoms with Gasteiger partial charge in [-0.2, -0.15) is 0 Å². The van der Waals surface area contributed by atoms with Gasteiger partial charge >= 0.3 is 0 Å². The first-order chi connectivity index (χ1) is 7.97. The summed E-state index contributed by atoms with van der Waals surface area (Å²) < 4.78 is 25.0. The van der Waals surface area contributed by atoms with E-state index in [-0.39, 0.29) is 11.5 Å². The molecule has 5 heteroatoms. The molecular formula is C12H13NO3S. The van der Waals surface area contributed by atoms with Gasteiger partial charge < -0.3 is 0 Å². The van der Waals surface area contributed by atoms with Gasteiger partial charge in [0.25, 0.3) is 0 Å². The molecule has 17 heavy (non-hydrogen) atoms. The normalized spacial score (nSPS) is 11.9. The van der Waals surface area contributed by atoms with Gasteiger partial charge in [-0.05, 0) is 19.9 Å². The Morgan fingerprint density at radius 3 is 2.53 bits per heavy atom. The van der Waals surface area contributed by atoms with E-state index in [9.17, 15) is 13.2 Å². The SMILES string of the molecule is CCS(=O)(=O)n1cc(C(C)=O)c2ccccc21. The second-order valence-electron chi connectivity index (χ2n) is 3.81. The first-order valence-corrected chi connectivity index (χ1v) is 6.92. The maximum Gasteiger partial charge on any atom is 0.238 e. The van der Waals surface area contributed by atoms with Crippen LogP contribution >= 0.6 is 0 Å². The molecule has 0 unspecified atom stereocenters. The highest BCUT2D eigenvalue weighted by Gasteiger charge is 2.18. The number of aromatic nitrogens is 1. The Bertz CT molecular complexity index is 683. The van der Waals surface area contributed by atoms with E-state index in [1.165, 1.54) is 17.1 Å². The van der Waals surface area contributed by atoms with Gasteiger partial charge in [-0.1, -0.05) is 18.2 Å². The second-order valence-corrected chi connectivity index (χ2v) is 5.95. The molecule has 0 radical (unpaired) electrons. The Balaban J connectivity index is 2.87. The number of Topliss-reactive ketones (excluding diaryl/α,β-unsaturated/α-hetero) is 1. The zero-order valence-corrected chi connectivity index (χ0v) is 10.5. The Morgan fingerprint density at radius 2 is 1.94 bits per heavy atom. The number of carbonyl (C=O) groups is 1. The van der Waals surface area contributed by atoms with Crippen LogP contribution in [0.2, 0.25) is 0 Å². The number of rotatable bonds is 3. The van der Waals surface area contributed by atoms with E-state index in [4.69, 9.17) is 0 Å². The highest BCUT2D eigenvalue weighted by atomic mass is 32.2. The maximum atomic E-state index is 11.9. The number of para-hydroxylation sites is 1. The fraction of sp³-hybridized carbons (Fsp3) is 0.250. The lowest BCUT2D eigenvalue weighted by molar-refractivity contribution is 0.101. The molecule has 2 aromatic rings. The third kappa shape index (κ3) is 1.86. The molecule has 0 saturated carbocycles. The van der Waals surface area contributed by atoms with Gasteiger partial charge in [0, 0.05) is 17.1 Å². The van der Waals surface area contributed by atoms with Crippen LogP contribution in [0.15, 0.2) is 30.5 Å². The largest absolute Gasteiger partial charge is 0.294 e. The molecule has 1 heterocycles. The van der Waals surface area contributed by atoms with Crippen molar-refractivity contribution in [3.8, 4) is 0 Å². The minimum atomic E-state index is -3.37. The van der Waals surface area contributed by atoms with Crippen molar-refractivity contribution in [1.29, 1.82) is 0 Å². The first-order valence-electron chi connectivity index (χ1n) is 5.31. The van der Waals surface area contributed by atoms with Gasteiger partial charge in [0.05, 0.1) is 11.3 Å². The van der Waals surface area contributed by atoms with Crippen LogP contribution in [0.3, 0.4) is 0 Å². The Kier molecular flexibility index (Phi) is 2.79. The molecule has 0 atom stereocenters. The molecule has 1 aromatic carbocycles. The number of ketones is 1. The third-order valence-electron chi connectivity index (χ3n) is 2.72. The predicted octanol–water partition coefficient (Wildman–Crippen LogP) is 2.04. The monoisotopic (exact) mass is 251 g/mol. The van der Waals surface area contributed by atoms with Crippen LogP contribution in [-0.2, 0) is 10.0 Å². The summed E-state index contributed by atoms with van der Waals surface area (Å²) in [6, 6.07) is 7.01. The minimum absolute atomic E-state index is 0.00300. The average molecular weight is 251 g/mol. The Morgan fingerprint density at radius 1 is 1.29 bits per heavy atom. The van der Waals surface area contributed by atoms with Crippen LogP contribution in [0, 0.1) is 0 Å². The average Bonchev–Trinajstić information content (AvgIpc) is 2.69. The number of carbonyl (C=O) groups excluding carboxylic acids is 1. The summed E-state index contributed by atoms with van der Waals surface area (Å²) in [5.74, 6) is -0.130. The van der Waals surface area contributed by atoms with E-state index in [1.54, 1.807) is 31.2 Å². The molecule has 1 aromatic heterocycles. The zero-order valence-electron chi connectivity index (χ0n) is 9.67. The lowest BCUT2D eigenvalue weighted by Crippen LogP contribution is -2.13. The van der Waals surface area contributed by atoms with Crippen LogP contribution in [0.25, 0.3) is 10.9 Å². The fourth-order valence-corrected chi connectivity index (χ4v) is 2.80. The van der Waals surface area contributed by atoms with Crippen LogP contribution in [0.1, 0.15) is 24.2 Å². The van der Waals surface area contributed by atoms with E-state index >= 15 is 0 Å². The number of hydrogen-bond donors (Lipinski definition) is 0. The van der Waals surface area contributed by atoms with Crippen molar-refractivity contribution >= 4 is 26.7 Å². The number of fused-ring (bicyclic) bond motifs is 1. The van der Waals surface area contributed by atoms with Crippen LogP contribution in [0.4, 0.5) is 0 Å². The van der Waals surface area contributed by atoms with E-state index in [0.717, 1.165) is 0 Å². The van der Waals surface area contributed by atoms with E-state index < -0.39 is 10.0 Å². The maximum absolute atomic E-state index is 11.9. The molecule has 0 spiro atoms. The molecule has 0 fully saturated rings. The number of nitrogens with zero attached hydrogens (tertiary/aromatic N) is 1. The van der Waals surface area contributed by atoms with Crippen molar-refractivity contribution in [3.63, 3.8) is 0 Å². The van der Waals surface area contributed by atoms with Gasteiger partial charge in [0.2, 0.25) is 10.0 Å². The fourth-order valence-electron chi connectivity index (χ4n) is 1.80. The molecular weight excluding hydrogens is 238 g/mol. The number of benzene rings is 1. The molecule has 2 rings (SSSR count). The van der Waals surface area contributed by atoms with Crippen LogP contribution in [-0.4, -0.2) is 23.9 Å². The molecule has 0 amide bonds. The van der Waals surface area contributed by atoms with Crippen molar-refractivity contribution in [2.24, 2.45) is 0 Å². The standard InChI is InChI=1S/C12H13NO3S/c1-3-17(15,16)13-8-11(9(2)14)10-6-4-5-7-12(10)13/h4-8H,3H2,1-2H3. The van der Waals surface area contributed by atoms with Crippen molar-refractivity contribution in [2.75, 3.05) is 5.75 Å². The summed E-state index contributed by atoms with van der Waals surface area (Å²) in [6.45, 7) is 3.02. The molecule has 0 aliphatic rings. The quantitative estimate of drug-likeness (QED) is 0.784. The zero-order chi connectivity index (χ0) is 12.6. The lowest BCUT2D eigenvalue weighted by atomic mass is 10.1. The van der Waals surface area contributed by atoms with Crippen molar-refractivity contribution < 1.29 is 13.2 Å². The number of hydrogen-bond acceptors (Lipinski definition) is 3. The summed E-state index contributed by atoms with van der Waals surface area (Å²) >= 11 is 0. The predicted molar refractivity (Wildman–Crippen MR) is 66.8 cm³/mol.